The molecule has 1 amide bonds. The van der Waals surface area contributed by atoms with Gasteiger partial charge < -0.3 is 25.4 Å². The molecule has 3 N–H and O–H groups in total. The van der Waals surface area contributed by atoms with Gasteiger partial charge in [0.1, 0.15) is 12.4 Å². The van der Waals surface area contributed by atoms with Crippen LogP contribution in [0.5, 0.6) is 5.75 Å². The van der Waals surface area contributed by atoms with E-state index in [2.05, 4.69) is 40.0 Å². The van der Waals surface area contributed by atoms with E-state index in [0.717, 1.165) is 28.9 Å². The third kappa shape index (κ3) is 10.00. The highest BCUT2D eigenvalue weighted by Crippen LogP contribution is 2.20. The minimum atomic E-state index is -0.0436. The van der Waals surface area contributed by atoms with Gasteiger partial charge in [-0.25, -0.2) is 0 Å². The fraction of sp³-hybridized carbons (Fsp3) is 0.440. The van der Waals surface area contributed by atoms with E-state index in [1.165, 1.54) is 0 Å². The lowest BCUT2D eigenvalue weighted by atomic mass is 10.1. The average molecular weight is 569 g/mol. The second kappa shape index (κ2) is 15.5. The molecule has 1 atom stereocenters. The van der Waals surface area contributed by atoms with E-state index in [4.69, 9.17) is 9.47 Å². The van der Waals surface area contributed by atoms with Crippen molar-refractivity contribution in [1.82, 2.24) is 16.0 Å². The number of benzene rings is 2. The van der Waals surface area contributed by atoms with Crippen molar-refractivity contribution in [2.45, 2.75) is 46.3 Å². The number of hydrogen-bond acceptors (Lipinski definition) is 4. The molecular formula is C25H37IN4O3. The molecule has 0 aromatic heterocycles. The van der Waals surface area contributed by atoms with Gasteiger partial charge in [-0.05, 0) is 49.6 Å². The Kier molecular flexibility index (Phi) is 13.5. The number of aliphatic imine (C=N–C) groups is 1. The second-order valence-corrected chi connectivity index (χ2v) is 7.71. The zero-order valence-corrected chi connectivity index (χ0v) is 22.6. The van der Waals surface area contributed by atoms with Crippen LogP contribution in [0.4, 0.5) is 0 Å². The molecule has 7 nitrogen and oxygen atoms in total. The molecule has 2 aromatic rings. The molecule has 0 fully saturated rings. The number of methoxy groups -OCH3 is 1. The van der Waals surface area contributed by atoms with Crippen molar-refractivity contribution in [3.05, 3.63) is 64.7 Å². The van der Waals surface area contributed by atoms with Crippen LogP contribution in [0.1, 0.15) is 47.3 Å². The summed E-state index contributed by atoms with van der Waals surface area (Å²) in [5, 5.41) is 9.61. The van der Waals surface area contributed by atoms with E-state index in [0.29, 0.717) is 37.8 Å². The van der Waals surface area contributed by atoms with Crippen LogP contribution >= 0.6 is 24.0 Å². The molecule has 2 rings (SSSR count). The van der Waals surface area contributed by atoms with E-state index in [-0.39, 0.29) is 35.9 Å². The van der Waals surface area contributed by atoms with Crippen LogP contribution < -0.4 is 20.7 Å². The van der Waals surface area contributed by atoms with E-state index in [1.807, 2.05) is 44.2 Å². The zero-order chi connectivity index (χ0) is 23.3. The third-order valence-electron chi connectivity index (χ3n) is 5.10. The van der Waals surface area contributed by atoms with Crippen LogP contribution in [0, 0.1) is 6.92 Å². The smallest absolute Gasteiger partial charge is 0.251 e. The summed E-state index contributed by atoms with van der Waals surface area (Å²) in [6.07, 6.45) is 0.906. The SMILES string of the molecule is CCC(C)NC(=O)c1ccc(CNC(=NC)NCc2ccc(C)cc2OCCOC)cc1.I. The Bertz CT molecular complexity index is 888. The molecule has 0 radical (unpaired) electrons. The topological polar surface area (TPSA) is 84.0 Å². The molecule has 0 saturated carbocycles. The predicted molar refractivity (Wildman–Crippen MR) is 145 cm³/mol. The first-order chi connectivity index (χ1) is 15.5. The molecule has 2 aromatic carbocycles. The summed E-state index contributed by atoms with van der Waals surface area (Å²) >= 11 is 0. The highest BCUT2D eigenvalue weighted by Gasteiger charge is 2.09. The maximum absolute atomic E-state index is 12.2. The minimum absolute atomic E-state index is 0. The lowest BCUT2D eigenvalue weighted by Crippen LogP contribution is -2.36. The minimum Gasteiger partial charge on any atom is -0.491 e. The Morgan fingerprint density at radius 2 is 1.76 bits per heavy atom. The quantitative estimate of drug-likeness (QED) is 0.165. The Hall–Kier alpha value is -2.33. The van der Waals surface area contributed by atoms with Crippen molar-refractivity contribution < 1.29 is 14.3 Å². The number of rotatable bonds is 11. The van der Waals surface area contributed by atoms with Crippen molar-refractivity contribution in [3.63, 3.8) is 0 Å². The molecule has 0 saturated heterocycles. The van der Waals surface area contributed by atoms with Gasteiger partial charge >= 0.3 is 0 Å². The molecule has 0 aliphatic carbocycles. The fourth-order valence-corrected chi connectivity index (χ4v) is 2.95. The normalized spacial score (nSPS) is 11.8. The van der Waals surface area contributed by atoms with Gasteiger partial charge in [0.05, 0.1) is 6.61 Å². The van der Waals surface area contributed by atoms with Crippen molar-refractivity contribution in [2.24, 2.45) is 4.99 Å². The van der Waals surface area contributed by atoms with Gasteiger partial charge in [-0.2, -0.15) is 0 Å². The van der Waals surface area contributed by atoms with E-state index < -0.39 is 0 Å². The largest absolute Gasteiger partial charge is 0.491 e. The standard InChI is InChI=1S/C25H36N4O3.HI/c1-6-19(3)29-24(30)21-11-8-20(9-12-21)16-27-25(26-4)28-17-22-10-7-18(2)15-23(22)32-14-13-31-5;/h7-12,15,19H,6,13-14,16-17H2,1-5H3,(H,29,30)(H2,26,27,28);1H. The van der Waals surface area contributed by atoms with Crippen LogP contribution in [0.2, 0.25) is 0 Å². The van der Waals surface area contributed by atoms with Crippen LogP contribution in [-0.4, -0.2) is 45.3 Å². The lowest BCUT2D eigenvalue weighted by Gasteiger charge is -2.16. The first-order valence-electron chi connectivity index (χ1n) is 11.0. The van der Waals surface area contributed by atoms with Crippen molar-refractivity contribution in [3.8, 4) is 5.75 Å². The number of carbonyl (C=O) groups is 1. The van der Waals surface area contributed by atoms with Gasteiger partial charge in [0, 0.05) is 44.4 Å². The van der Waals surface area contributed by atoms with Crippen LogP contribution in [-0.2, 0) is 17.8 Å². The first-order valence-corrected chi connectivity index (χ1v) is 11.0. The summed E-state index contributed by atoms with van der Waals surface area (Å²) in [7, 11) is 3.40. The van der Waals surface area contributed by atoms with E-state index in [9.17, 15) is 4.79 Å². The molecule has 0 aliphatic rings. The third-order valence-corrected chi connectivity index (χ3v) is 5.10. The van der Waals surface area contributed by atoms with Gasteiger partial charge in [0.15, 0.2) is 5.96 Å². The van der Waals surface area contributed by atoms with Gasteiger partial charge in [0.25, 0.3) is 5.91 Å². The molecule has 182 valence electrons. The Morgan fingerprint density at radius 1 is 1.06 bits per heavy atom. The number of carbonyl (C=O) groups excluding carboxylic acids is 1. The maximum atomic E-state index is 12.2. The molecular weight excluding hydrogens is 531 g/mol. The monoisotopic (exact) mass is 568 g/mol. The van der Waals surface area contributed by atoms with Gasteiger partial charge in [0.2, 0.25) is 0 Å². The Labute approximate surface area is 214 Å². The number of nitrogens with zero attached hydrogens (tertiary/aromatic N) is 1. The molecule has 1 unspecified atom stereocenters. The summed E-state index contributed by atoms with van der Waals surface area (Å²) in [5.41, 5.74) is 3.92. The van der Waals surface area contributed by atoms with Gasteiger partial charge in [-0.15, -0.1) is 24.0 Å². The first kappa shape index (κ1) is 28.7. The van der Waals surface area contributed by atoms with E-state index in [1.54, 1.807) is 14.2 Å². The highest BCUT2D eigenvalue weighted by atomic mass is 127. The summed E-state index contributed by atoms with van der Waals surface area (Å²) in [6, 6.07) is 13.9. The number of aryl methyl sites for hydroxylation is 1. The number of guanidine groups is 1. The number of amides is 1. The summed E-state index contributed by atoms with van der Waals surface area (Å²) in [5.74, 6) is 1.49. The summed E-state index contributed by atoms with van der Waals surface area (Å²) in [4.78, 5) is 16.5. The molecule has 33 heavy (non-hydrogen) atoms. The van der Waals surface area contributed by atoms with Crippen molar-refractivity contribution in [2.75, 3.05) is 27.4 Å². The van der Waals surface area contributed by atoms with Crippen molar-refractivity contribution in [1.29, 1.82) is 0 Å². The second-order valence-electron chi connectivity index (χ2n) is 7.71. The summed E-state index contributed by atoms with van der Waals surface area (Å²) < 4.78 is 10.9. The molecule has 8 heteroatoms. The molecule has 0 aliphatic heterocycles. The van der Waals surface area contributed by atoms with Gasteiger partial charge in [-0.1, -0.05) is 31.2 Å². The fourth-order valence-electron chi connectivity index (χ4n) is 2.95. The number of nitrogens with one attached hydrogen (secondary N) is 3. The predicted octanol–water partition coefficient (Wildman–Crippen LogP) is 4.03. The Morgan fingerprint density at radius 3 is 2.39 bits per heavy atom. The van der Waals surface area contributed by atoms with Gasteiger partial charge in [-0.3, -0.25) is 9.79 Å². The highest BCUT2D eigenvalue weighted by molar-refractivity contribution is 14.0. The molecule has 0 heterocycles. The Balaban J connectivity index is 0.00000544. The lowest BCUT2D eigenvalue weighted by molar-refractivity contribution is 0.0939. The zero-order valence-electron chi connectivity index (χ0n) is 20.2. The summed E-state index contributed by atoms with van der Waals surface area (Å²) in [6.45, 7) is 8.32. The number of ether oxygens (including phenoxy) is 2. The average Bonchev–Trinajstić information content (AvgIpc) is 2.80. The van der Waals surface area contributed by atoms with Crippen LogP contribution in [0.15, 0.2) is 47.5 Å². The van der Waals surface area contributed by atoms with Crippen molar-refractivity contribution >= 4 is 35.8 Å². The van der Waals surface area contributed by atoms with E-state index >= 15 is 0 Å². The number of halogens is 1. The van der Waals surface area contributed by atoms with Crippen LogP contribution in [0.25, 0.3) is 0 Å². The maximum Gasteiger partial charge on any atom is 0.251 e. The number of hydrogen-bond donors (Lipinski definition) is 3. The van der Waals surface area contributed by atoms with Crippen LogP contribution in [0.3, 0.4) is 0 Å². The molecule has 0 spiro atoms. The molecule has 0 bridgehead atoms.